The molecule has 1 aromatic carbocycles. The van der Waals surface area contributed by atoms with Gasteiger partial charge in [0.05, 0.1) is 16.3 Å². The van der Waals surface area contributed by atoms with Crippen LogP contribution >= 0.6 is 23.2 Å². The lowest BCUT2D eigenvalue weighted by Gasteiger charge is -2.11. The monoisotopic (exact) mass is 481 g/mol. The molecule has 0 saturated carbocycles. The molecule has 10 nitrogen and oxygen atoms in total. The number of halogens is 2. The number of anilines is 2. The number of hydrogen-bond donors (Lipinski definition) is 3. The van der Waals surface area contributed by atoms with Gasteiger partial charge in [-0.15, -0.1) is 5.10 Å². The highest BCUT2D eigenvalue weighted by molar-refractivity contribution is 6.36. The summed E-state index contributed by atoms with van der Waals surface area (Å²) < 4.78 is 1.46. The molecule has 12 heteroatoms. The van der Waals surface area contributed by atoms with Crippen molar-refractivity contribution in [2.45, 2.75) is 0 Å². The summed E-state index contributed by atoms with van der Waals surface area (Å²) in [5, 5.41) is 22.9. The van der Waals surface area contributed by atoms with Gasteiger partial charge in [0.15, 0.2) is 5.65 Å². The van der Waals surface area contributed by atoms with Crippen LogP contribution in [-0.2, 0) is 0 Å². The van der Waals surface area contributed by atoms with E-state index in [2.05, 4.69) is 36.0 Å². The minimum Gasteiger partial charge on any atom is -0.368 e. The molecule has 33 heavy (non-hydrogen) atoms. The molecule has 0 unspecified atom stereocenters. The molecule has 3 N–H and O–H groups in total. The number of rotatable bonds is 7. The first-order valence-electron chi connectivity index (χ1n) is 9.77. The summed E-state index contributed by atoms with van der Waals surface area (Å²) in [6, 6.07) is 12.2. The van der Waals surface area contributed by atoms with Crippen LogP contribution in [0.15, 0.2) is 42.6 Å². The molecule has 4 rings (SSSR count). The van der Waals surface area contributed by atoms with E-state index >= 15 is 0 Å². The molecule has 4 aromatic rings. The van der Waals surface area contributed by atoms with Crippen molar-refractivity contribution >= 4 is 46.5 Å². The summed E-state index contributed by atoms with van der Waals surface area (Å²) in [6.45, 7) is 0.960. The zero-order valence-corrected chi connectivity index (χ0v) is 18.8. The van der Waals surface area contributed by atoms with Gasteiger partial charge in [-0.2, -0.15) is 9.78 Å². The second kappa shape index (κ2) is 9.68. The number of pyridine rings is 1. The molecule has 3 aromatic heterocycles. The smallest absolute Gasteiger partial charge is 0.290 e. The molecule has 0 saturated heterocycles. The number of nitrogens with zero attached hydrogens (tertiary/aromatic N) is 6. The summed E-state index contributed by atoms with van der Waals surface area (Å²) in [5.41, 5.74) is 2.12. The van der Waals surface area contributed by atoms with Gasteiger partial charge in [0.2, 0.25) is 11.8 Å². The zero-order valence-electron chi connectivity index (χ0n) is 17.3. The molecular formula is C21H17Cl2N9O. The lowest BCUT2D eigenvalue weighted by Crippen LogP contribution is -2.20. The van der Waals surface area contributed by atoms with Gasteiger partial charge in [-0.05, 0) is 30.3 Å². The van der Waals surface area contributed by atoms with E-state index in [9.17, 15) is 4.79 Å². The molecule has 0 atom stereocenters. The van der Waals surface area contributed by atoms with Crippen LogP contribution in [0.5, 0.6) is 0 Å². The van der Waals surface area contributed by atoms with Crippen LogP contribution in [-0.4, -0.2) is 50.6 Å². The van der Waals surface area contributed by atoms with Crippen LogP contribution in [0.3, 0.4) is 0 Å². The maximum absolute atomic E-state index is 12.0. The highest BCUT2D eigenvalue weighted by Crippen LogP contribution is 2.30. The predicted octanol–water partition coefficient (Wildman–Crippen LogP) is 3.25. The quantitative estimate of drug-likeness (QED) is 0.342. The van der Waals surface area contributed by atoms with Gasteiger partial charge in [-0.3, -0.25) is 4.79 Å². The summed E-state index contributed by atoms with van der Waals surface area (Å²) in [7, 11) is 1.51. The molecule has 166 valence electrons. The Labute approximate surface area is 198 Å². The zero-order chi connectivity index (χ0) is 23.4. The van der Waals surface area contributed by atoms with Crippen molar-refractivity contribution < 1.29 is 4.79 Å². The number of nitriles is 1. The third-order valence-corrected chi connectivity index (χ3v) is 5.12. The maximum Gasteiger partial charge on any atom is 0.290 e. The Morgan fingerprint density at radius 3 is 2.64 bits per heavy atom. The van der Waals surface area contributed by atoms with E-state index in [1.807, 2.05) is 6.07 Å². The van der Waals surface area contributed by atoms with Crippen LogP contribution in [0.25, 0.3) is 16.9 Å². The molecule has 3 heterocycles. The van der Waals surface area contributed by atoms with Gasteiger partial charge in [-0.25, -0.2) is 15.0 Å². The van der Waals surface area contributed by atoms with E-state index in [0.29, 0.717) is 57.4 Å². The number of carbonyl (C=O) groups excluding carboxylic acids is 1. The number of fused-ring (bicyclic) bond motifs is 1. The number of benzene rings is 1. The Morgan fingerprint density at radius 2 is 1.94 bits per heavy atom. The summed E-state index contributed by atoms with van der Waals surface area (Å²) >= 11 is 12.4. The van der Waals surface area contributed by atoms with Gasteiger partial charge in [0.25, 0.3) is 5.91 Å². The van der Waals surface area contributed by atoms with Gasteiger partial charge in [0, 0.05) is 43.0 Å². The Hall–Kier alpha value is -3.94. The third kappa shape index (κ3) is 4.95. The molecule has 0 radical (unpaired) electrons. The average molecular weight is 482 g/mol. The molecule has 0 spiro atoms. The van der Waals surface area contributed by atoms with Crippen LogP contribution in [0.4, 0.5) is 11.8 Å². The van der Waals surface area contributed by atoms with Crippen molar-refractivity contribution in [1.82, 2.24) is 29.9 Å². The van der Waals surface area contributed by atoms with Crippen molar-refractivity contribution in [3.63, 3.8) is 0 Å². The lowest BCUT2D eigenvalue weighted by atomic mass is 10.1. The Morgan fingerprint density at radius 1 is 1.12 bits per heavy atom. The number of hydrogen-bond acceptors (Lipinski definition) is 8. The summed E-state index contributed by atoms with van der Waals surface area (Å²) in [6.07, 6.45) is 1.50. The second-order valence-corrected chi connectivity index (χ2v) is 7.61. The van der Waals surface area contributed by atoms with Crippen LogP contribution < -0.4 is 16.0 Å². The number of aromatic nitrogens is 5. The highest BCUT2D eigenvalue weighted by atomic mass is 35.5. The van der Waals surface area contributed by atoms with Crippen molar-refractivity contribution in [3.05, 3.63) is 64.0 Å². The third-order valence-electron chi connectivity index (χ3n) is 4.57. The minimum atomic E-state index is -0.413. The molecule has 0 bridgehead atoms. The summed E-state index contributed by atoms with van der Waals surface area (Å²) in [5.74, 6) is 0.620. The first-order chi connectivity index (χ1) is 16.0. The fourth-order valence-electron chi connectivity index (χ4n) is 2.98. The van der Waals surface area contributed by atoms with Crippen molar-refractivity contribution in [2.75, 3.05) is 30.8 Å². The van der Waals surface area contributed by atoms with Crippen LogP contribution in [0.1, 0.15) is 16.2 Å². The number of carbonyl (C=O) groups is 1. The van der Waals surface area contributed by atoms with Gasteiger partial charge in [-0.1, -0.05) is 23.2 Å². The first-order valence-corrected chi connectivity index (χ1v) is 10.5. The number of amides is 1. The van der Waals surface area contributed by atoms with E-state index in [-0.39, 0.29) is 5.82 Å². The fraction of sp³-hybridized carbons (Fsp3) is 0.143. The first kappa shape index (κ1) is 22.3. The lowest BCUT2D eigenvalue weighted by molar-refractivity contribution is 0.0953. The van der Waals surface area contributed by atoms with Crippen molar-refractivity contribution in [3.8, 4) is 17.3 Å². The fourth-order valence-corrected chi connectivity index (χ4v) is 3.48. The topological polar surface area (TPSA) is 133 Å². The Kier molecular flexibility index (Phi) is 6.53. The highest BCUT2D eigenvalue weighted by Gasteiger charge is 2.17. The molecular weight excluding hydrogens is 465 g/mol. The van der Waals surface area contributed by atoms with Gasteiger partial charge >= 0.3 is 0 Å². The van der Waals surface area contributed by atoms with E-state index in [4.69, 9.17) is 28.5 Å². The predicted molar refractivity (Wildman–Crippen MR) is 126 cm³/mol. The molecule has 0 aliphatic heterocycles. The van der Waals surface area contributed by atoms with Crippen molar-refractivity contribution in [1.29, 1.82) is 5.26 Å². The average Bonchev–Trinajstić information content (AvgIpc) is 3.26. The van der Waals surface area contributed by atoms with Crippen LogP contribution in [0.2, 0.25) is 10.0 Å². The maximum atomic E-state index is 12.0. The Balaban J connectivity index is 1.60. The molecule has 0 aliphatic carbocycles. The second-order valence-electron chi connectivity index (χ2n) is 6.77. The largest absolute Gasteiger partial charge is 0.368 e. The standard InChI is InChI=1S/C21H17Cl2N9O/c1-25-20(33)19-30-18-9-16(14-4-3-13(22)8-15(14)23)29-21(32(18)31-19)27-7-6-26-17-5-2-12(10-24)11-28-17/h2-5,8-9,11H,6-7H2,1H3,(H,25,33)(H,26,28)(H,27,29). The Bertz CT molecular complexity index is 1360. The molecule has 0 aliphatic rings. The minimum absolute atomic E-state index is 0.0154. The van der Waals surface area contributed by atoms with E-state index in [1.54, 1.807) is 36.4 Å². The normalized spacial score (nSPS) is 10.6. The summed E-state index contributed by atoms with van der Waals surface area (Å²) in [4.78, 5) is 25.2. The molecule has 1 amide bonds. The van der Waals surface area contributed by atoms with E-state index in [0.717, 1.165) is 0 Å². The number of nitrogens with one attached hydrogen (secondary N) is 3. The van der Waals surface area contributed by atoms with Crippen molar-refractivity contribution in [2.24, 2.45) is 0 Å². The molecule has 0 fully saturated rings. The van der Waals surface area contributed by atoms with Gasteiger partial charge in [0.1, 0.15) is 11.9 Å². The van der Waals surface area contributed by atoms with Gasteiger partial charge < -0.3 is 16.0 Å². The van der Waals surface area contributed by atoms with E-state index in [1.165, 1.54) is 17.8 Å². The SMILES string of the molecule is CNC(=O)c1nc2cc(-c3ccc(Cl)cc3Cl)nc(NCCNc3ccc(C#N)cn3)n2n1. The van der Waals surface area contributed by atoms with E-state index < -0.39 is 5.91 Å². The van der Waals surface area contributed by atoms with Crippen LogP contribution in [0, 0.1) is 11.3 Å².